The van der Waals surface area contributed by atoms with Gasteiger partial charge in [-0.2, -0.15) is 0 Å². The molecule has 0 heterocycles. The molecule has 0 N–H and O–H groups in total. The Morgan fingerprint density at radius 3 is 1.76 bits per heavy atom. The Kier molecular flexibility index (Phi) is 16.6. The highest BCUT2D eigenvalue weighted by Gasteiger charge is 1.97. The lowest BCUT2D eigenvalue weighted by Gasteiger charge is -2.00. The van der Waals surface area contributed by atoms with E-state index in [4.69, 9.17) is 0 Å². The third-order valence-corrected chi connectivity index (χ3v) is 3.87. The van der Waals surface area contributed by atoms with Crippen molar-refractivity contribution >= 4 is 5.97 Å². The SMILES string of the molecule is CCCCCCCCCCC/C=C/CCCCC(=O)OC. The maximum absolute atomic E-state index is 10.9. The number of carbonyl (C=O) groups is 1. The Morgan fingerprint density at radius 1 is 0.762 bits per heavy atom. The van der Waals surface area contributed by atoms with Crippen molar-refractivity contribution < 1.29 is 9.53 Å². The number of hydrogen-bond donors (Lipinski definition) is 0. The van der Waals surface area contributed by atoms with Crippen LogP contribution in [0.15, 0.2) is 12.2 Å². The average Bonchev–Trinajstić information content (AvgIpc) is 2.50. The maximum Gasteiger partial charge on any atom is 0.305 e. The zero-order valence-electron chi connectivity index (χ0n) is 14.4. The van der Waals surface area contributed by atoms with E-state index in [-0.39, 0.29) is 5.97 Å². The van der Waals surface area contributed by atoms with Crippen LogP contribution >= 0.6 is 0 Å². The second-order valence-corrected chi connectivity index (χ2v) is 5.91. The summed E-state index contributed by atoms with van der Waals surface area (Å²) in [5.41, 5.74) is 0. The Morgan fingerprint density at radius 2 is 1.24 bits per heavy atom. The molecule has 0 aromatic carbocycles. The molecule has 124 valence electrons. The number of hydrogen-bond acceptors (Lipinski definition) is 2. The van der Waals surface area contributed by atoms with Gasteiger partial charge in [-0.25, -0.2) is 0 Å². The van der Waals surface area contributed by atoms with Crippen molar-refractivity contribution in [2.45, 2.75) is 96.8 Å². The molecule has 0 rings (SSSR count). The van der Waals surface area contributed by atoms with Gasteiger partial charge >= 0.3 is 5.97 Å². The lowest BCUT2D eigenvalue weighted by atomic mass is 10.1. The van der Waals surface area contributed by atoms with Crippen molar-refractivity contribution in [1.29, 1.82) is 0 Å². The first-order chi connectivity index (χ1) is 10.3. The monoisotopic (exact) mass is 296 g/mol. The van der Waals surface area contributed by atoms with E-state index in [0.717, 1.165) is 19.3 Å². The summed E-state index contributed by atoms with van der Waals surface area (Å²) in [5, 5.41) is 0. The second kappa shape index (κ2) is 17.3. The summed E-state index contributed by atoms with van der Waals surface area (Å²) in [6, 6.07) is 0. The first kappa shape index (κ1) is 20.2. The molecule has 0 unspecified atom stereocenters. The lowest BCUT2D eigenvalue weighted by Crippen LogP contribution is -1.98. The molecule has 0 aliphatic heterocycles. The van der Waals surface area contributed by atoms with E-state index in [9.17, 15) is 4.79 Å². The Labute approximate surface area is 132 Å². The topological polar surface area (TPSA) is 26.3 Å². The third kappa shape index (κ3) is 17.2. The van der Waals surface area contributed by atoms with Crippen molar-refractivity contribution in [3.8, 4) is 0 Å². The van der Waals surface area contributed by atoms with Gasteiger partial charge < -0.3 is 4.74 Å². The fourth-order valence-corrected chi connectivity index (χ4v) is 2.44. The van der Waals surface area contributed by atoms with E-state index in [0.29, 0.717) is 6.42 Å². The van der Waals surface area contributed by atoms with Crippen molar-refractivity contribution in [3.05, 3.63) is 12.2 Å². The van der Waals surface area contributed by atoms with Gasteiger partial charge in [0.1, 0.15) is 0 Å². The molecule has 0 aromatic rings. The zero-order chi connectivity index (χ0) is 15.6. The van der Waals surface area contributed by atoms with E-state index in [1.165, 1.54) is 71.3 Å². The number of ether oxygens (including phenoxy) is 1. The minimum absolute atomic E-state index is 0.0892. The third-order valence-electron chi connectivity index (χ3n) is 3.87. The quantitative estimate of drug-likeness (QED) is 0.204. The molecule has 0 fully saturated rings. The smallest absolute Gasteiger partial charge is 0.305 e. The summed E-state index contributed by atoms with van der Waals surface area (Å²) < 4.78 is 4.61. The molecule has 0 saturated heterocycles. The lowest BCUT2D eigenvalue weighted by molar-refractivity contribution is -0.140. The Hall–Kier alpha value is -0.790. The predicted octanol–water partition coefficient (Wildman–Crippen LogP) is 6.20. The highest BCUT2D eigenvalue weighted by molar-refractivity contribution is 5.68. The molecule has 0 radical (unpaired) electrons. The molecule has 0 aliphatic carbocycles. The summed E-state index contributed by atoms with van der Waals surface area (Å²) in [6.07, 6.45) is 22.0. The predicted molar refractivity (Wildman–Crippen MR) is 91.5 cm³/mol. The number of methoxy groups -OCH3 is 1. The molecule has 0 saturated carbocycles. The standard InChI is InChI=1S/C19H36O2/c1-3-4-5-6-7-8-9-10-11-12-13-14-15-16-17-18-19(20)21-2/h13-14H,3-12,15-18H2,1-2H3/b14-13+. The average molecular weight is 296 g/mol. The molecular formula is C19H36O2. The minimum atomic E-state index is -0.0892. The number of allylic oxidation sites excluding steroid dienone is 2. The summed E-state index contributed by atoms with van der Waals surface area (Å²) in [5.74, 6) is -0.0892. The Bertz CT molecular complexity index is 246. The summed E-state index contributed by atoms with van der Waals surface area (Å²) in [7, 11) is 1.45. The number of esters is 1. The van der Waals surface area contributed by atoms with Crippen LogP contribution in [-0.4, -0.2) is 13.1 Å². The summed E-state index contributed by atoms with van der Waals surface area (Å²) in [6.45, 7) is 2.27. The molecule has 0 bridgehead atoms. The van der Waals surface area contributed by atoms with Gasteiger partial charge in [0.25, 0.3) is 0 Å². The highest BCUT2D eigenvalue weighted by Crippen LogP contribution is 2.11. The van der Waals surface area contributed by atoms with Crippen LogP contribution in [0.4, 0.5) is 0 Å². The van der Waals surface area contributed by atoms with Crippen LogP contribution in [0, 0.1) is 0 Å². The normalized spacial score (nSPS) is 11.1. The Balaban J connectivity index is 3.10. The van der Waals surface area contributed by atoms with E-state index in [1.54, 1.807) is 0 Å². The molecule has 0 aromatic heterocycles. The van der Waals surface area contributed by atoms with Crippen LogP contribution < -0.4 is 0 Å². The van der Waals surface area contributed by atoms with E-state index in [1.807, 2.05) is 0 Å². The van der Waals surface area contributed by atoms with Gasteiger partial charge in [0.2, 0.25) is 0 Å². The van der Waals surface area contributed by atoms with Gasteiger partial charge in [-0.05, 0) is 32.1 Å². The molecule has 0 atom stereocenters. The van der Waals surface area contributed by atoms with Gasteiger partial charge in [-0.15, -0.1) is 0 Å². The highest BCUT2D eigenvalue weighted by atomic mass is 16.5. The second-order valence-electron chi connectivity index (χ2n) is 5.91. The minimum Gasteiger partial charge on any atom is -0.469 e. The van der Waals surface area contributed by atoms with Gasteiger partial charge in [0, 0.05) is 6.42 Å². The van der Waals surface area contributed by atoms with E-state index in [2.05, 4.69) is 23.8 Å². The van der Waals surface area contributed by atoms with Crippen LogP contribution in [-0.2, 0) is 9.53 Å². The van der Waals surface area contributed by atoms with Crippen molar-refractivity contribution in [2.75, 3.05) is 7.11 Å². The summed E-state index contributed by atoms with van der Waals surface area (Å²) >= 11 is 0. The van der Waals surface area contributed by atoms with E-state index < -0.39 is 0 Å². The largest absolute Gasteiger partial charge is 0.469 e. The fraction of sp³-hybridized carbons (Fsp3) is 0.842. The van der Waals surface area contributed by atoms with E-state index >= 15 is 0 Å². The van der Waals surface area contributed by atoms with Gasteiger partial charge in [-0.3, -0.25) is 4.79 Å². The maximum atomic E-state index is 10.9. The van der Waals surface area contributed by atoms with Crippen molar-refractivity contribution in [2.24, 2.45) is 0 Å². The van der Waals surface area contributed by atoms with Crippen molar-refractivity contribution in [1.82, 2.24) is 0 Å². The summed E-state index contributed by atoms with van der Waals surface area (Å²) in [4.78, 5) is 10.9. The van der Waals surface area contributed by atoms with Crippen molar-refractivity contribution in [3.63, 3.8) is 0 Å². The number of unbranched alkanes of at least 4 members (excludes halogenated alkanes) is 11. The number of carbonyl (C=O) groups excluding carboxylic acids is 1. The van der Waals surface area contributed by atoms with Gasteiger partial charge in [-0.1, -0.05) is 70.4 Å². The molecule has 0 aliphatic rings. The fourth-order valence-electron chi connectivity index (χ4n) is 2.44. The van der Waals surface area contributed by atoms with Crippen LogP contribution in [0.5, 0.6) is 0 Å². The molecule has 2 heteroatoms. The molecular weight excluding hydrogens is 260 g/mol. The van der Waals surface area contributed by atoms with Gasteiger partial charge in [0.05, 0.1) is 7.11 Å². The molecule has 0 amide bonds. The van der Waals surface area contributed by atoms with Crippen LogP contribution in [0.25, 0.3) is 0 Å². The number of rotatable bonds is 15. The molecule has 0 spiro atoms. The molecule has 21 heavy (non-hydrogen) atoms. The van der Waals surface area contributed by atoms with Gasteiger partial charge in [0.15, 0.2) is 0 Å². The van der Waals surface area contributed by atoms with Crippen LogP contribution in [0.1, 0.15) is 96.8 Å². The zero-order valence-corrected chi connectivity index (χ0v) is 14.4. The van der Waals surface area contributed by atoms with Crippen LogP contribution in [0.3, 0.4) is 0 Å². The molecule has 2 nitrogen and oxygen atoms in total. The first-order valence-corrected chi connectivity index (χ1v) is 9.03. The first-order valence-electron chi connectivity index (χ1n) is 9.03. The van der Waals surface area contributed by atoms with Crippen LogP contribution in [0.2, 0.25) is 0 Å².